The molecule has 19 heavy (non-hydrogen) atoms. The molecule has 1 fully saturated rings. The number of hydrogen-bond donors (Lipinski definition) is 2. The molecule has 1 saturated heterocycles. The zero-order valence-corrected chi connectivity index (χ0v) is 12.1. The summed E-state index contributed by atoms with van der Waals surface area (Å²) in [5, 5.41) is 11.7. The van der Waals surface area contributed by atoms with Crippen LogP contribution in [0.1, 0.15) is 31.7 Å². The molecule has 0 amide bonds. The SMILES string of the molecule is CC(=O)O.Clc1ccc(CCC2CCNCC2)cc1. The first-order valence-corrected chi connectivity index (χ1v) is 7.10. The van der Waals surface area contributed by atoms with Crippen LogP contribution in [0.5, 0.6) is 0 Å². The van der Waals surface area contributed by atoms with E-state index in [0.717, 1.165) is 17.9 Å². The van der Waals surface area contributed by atoms with Gasteiger partial charge in [0.15, 0.2) is 0 Å². The van der Waals surface area contributed by atoms with Crippen LogP contribution in [0.25, 0.3) is 0 Å². The third-order valence-corrected chi connectivity index (χ3v) is 3.47. The van der Waals surface area contributed by atoms with E-state index in [-0.39, 0.29) is 0 Å². The Bertz CT molecular complexity index is 368. The third-order valence-electron chi connectivity index (χ3n) is 3.21. The highest BCUT2D eigenvalue weighted by molar-refractivity contribution is 6.30. The average molecular weight is 284 g/mol. The molecular weight excluding hydrogens is 262 g/mol. The Morgan fingerprint density at radius 1 is 1.32 bits per heavy atom. The Morgan fingerprint density at radius 2 is 1.84 bits per heavy atom. The molecule has 3 nitrogen and oxygen atoms in total. The van der Waals surface area contributed by atoms with Gasteiger partial charge in [-0.3, -0.25) is 4.79 Å². The average Bonchev–Trinajstić information content (AvgIpc) is 2.39. The molecule has 2 rings (SSSR count). The normalized spacial score (nSPS) is 15.5. The second kappa shape index (κ2) is 8.94. The van der Waals surface area contributed by atoms with Gasteiger partial charge in [0.25, 0.3) is 5.97 Å². The Balaban J connectivity index is 0.000000399. The lowest BCUT2D eigenvalue weighted by Gasteiger charge is -2.22. The van der Waals surface area contributed by atoms with Gasteiger partial charge in [0, 0.05) is 11.9 Å². The maximum absolute atomic E-state index is 9.00. The standard InChI is InChI=1S/C13H18ClN.C2H4O2/c14-13-5-3-11(4-6-13)1-2-12-7-9-15-10-8-12;1-2(3)4/h3-6,12,15H,1-2,7-10H2;1H3,(H,3,4). The molecule has 1 aliphatic heterocycles. The van der Waals surface area contributed by atoms with Gasteiger partial charge in [-0.2, -0.15) is 0 Å². The zero-order chi connectivity index (χ0) is 14.1. The summed E-state index contributed by atoms with van der Waals surface area (Å²) < 4.78 is 0. The lowest BCUT2D eigenvalue weighted by atomic mass is 9.91. The van der Waals surface area contributed by atoms with Gasteiger partial charge in [-0.25, -0.2) is 0 Å². The Labute approximate surface area is 120 Å². The summed E-state index contributed by atoms with van der Waals surface area (Å²) in [6.45, 7) is 3.48. The number of rotatable bonds is 3. The molecule has 0 saturated carbocycles. The van der Waals surface area contributed by atoms with E-state index in [9.17, 15) is 0 Å². The maximum atomic E-state index is 9.00. The first-order chi connectivity index (χ1) is 9.08. The highest BCUT2D eigenvalue weighted by Crippen LogP contribution is 2.19. The molecule has 0 radical (unpaired) electrons. The maximum Gasteiger partial charge on any atom is 0.300 e. The third kappa shape index (κ3) is 7.85. The van der Waals surface area contributed by atoms with Crippen molar-refractivity contribution in [2.24, 2.45) is 5.92 Å². The van der Waals surface area contributed by atoms with Crippen LogP contribution in [0.15, 0.2) is 24.3 Å². The summed E-state index contributed by atoms with van der Waals surface area (Å²) >= 11 is 5.85. The molecular formula is C15H22ClNO2. The number of halogens is 1. The lowest BCUT2D eigenvalue weighted by Crippen LogP contribution is -2.27. The molecule has 2 N–H and O–H groups in total. The van der Waals surface area contributed by atoms with Crippen LogP contribution in [0, 0.1) is 5.92 Å². The van der Waals surface area contributed by atoms with Crippen LogP contribution in [0.4, 0.5) is 0 Å². The summed E-state index contributed by atoms with van der Waals surface area (Å²) in [4.78, 5) is 9.00. The van der Waals surface area contributed by atoms with Crippen LogP contribution in [-0.4, -0.2) is 24.2 Å². The van der Waals surface area contributed by atoms with Crippen molar-refractivity contribution in [3.63, 3.8) is 0 Å². The summed E-state index contributed by atoms with van der Waals surface area (Å²) in [6, 6.07) is 8.26. The molecule has 4 heteroatoms. The fourth-order valence-electron chi connectivity index (χ4n) is 2.19. The van der Waals surface area contributed by atoms with E-state index in [4.69, 9.17) is 21.5 Å². The van der Waals surface area contributed by atoms with Gasteiger partial charge in [0.1, 0.15) is 0 Å². The largest absolute Gasteiger partial charge is 0.481 e. The number of hydrogen-bond acceptors (Lipinski definition) is 2. The van der Waals surface area contributed by atoms with Gasteiger partial charge in [-0.15, -0.1) is 0 Å². The molecule has 0 unspecified atom stereocenters. The van der Waals surface area contributed by atoms with Crippen LogP contribution in [0.3, 0.4) is 0 Å². The van der Waals surface area contributed by atoms with Gasteiger partial charge in [0.05, 0.1) is 0 Å². The minimum atomic E-state index is -0.833. The van der Waals surface area contributed by atoms with E-state index in [1.54, 1.807) is 0 Å². The summed E-state index contributed by atoms with van der Waals surface area (Å²) in [6.07, 6.45) is 5.20. The predicted molar refractivity (Wildman–Crippen MR) is 78.7 cm³/mol. The number of aryl methyl sites for hydroxylation is 1. The summed E-state index contributed by atoms with van der Waals surface area (Å²) in [5.41, 5.74) is 1.41. The van der Waals surface area contributed by atoms with Gasteiger partial charge in [-0.1, -0.05) is 23.7 Å². The molecule has 1 aromatic carbocycles. The second-order valence-electron chi connectivity index (χ2n) is 4.88. The number of nitrogens with one attached hydrogen (secondary N) is 1. The van der Waals surface area contributed by atoms with Crippen molar-refractivity contribution < 1.29 is 9.90 Å². The monoisotopic (exact) mass is 283 g/mol. The molecule has 0 atom stereocenters. The van der Waals surface area contributed by atoms with E-state index in [1.165, 1.54) is 44.3 Å². The van der Waals surface area contributed by atoms with E-state index in [0.29, 0.717) is 0 Å². The summed E-state index contributed by atoms with van der Waals surface area (Å²) in [5.74, 6) is 0.0851. The van der Waals surface area contributed by atoms with E-state index < -0.39 is 5.97 Å². The van der Waals surface area contributed by atoms with Crippen molar-refractivity contribution in [1.29, 1.82) is 0 Å². The number of benzene rings is 1. The summed E-state index contributed by atoms with van der Waals surface area (Å²) in [7, 11) is 0. The van der Waals surface area contributed by atoms with Crippen molar-refractivity contribution >= 4 is 17.6 Å². The van der Waals surface area contributed by atoms with Gasteiger partial charge >= 0.3 is 0 Å². The van der Waals surface area contributed by atoms with E-state index >= 15 is 0 Å². The molecule has 106 valence electrons. The first kappa shape index (κ1) is 16.0. The van der Waals surface area contributed by atoms with Gasteiger partial charge < -0.3 is 10.4 Å². The molecule has 0 aromatic heterocycles. The van der Waals surface area contributed by atoms with Gasteiger partial charge in [-0.05, 0) is 62.4 Å². The Kier molecular flexibility index (Phi) is 7.53. The number of piperidine rings is 1. The number of aliphatic carboxylic acids is 1. The minimum absolute atomic E-state index is 0.833. The topological polar surface area (TPSA) is 49.3 Å². The van der Waals surface area contributed by atoms with Crippen molar-refractivity contribution in [3.05, 3.63) is 34.9 Å². The van der Waals surface area contributed by atoms with Crippen LogP contribution in [-0.2, 0) is 11.2 Å². The second-order valence-corrected chi connectivity index (χ2v) is 5.31. The fourth-order valence-corrected chi connectivity index (χ4v) is 2.32. The van der Waals surface area contributed by atoms with E-state index in [2.05, 4.69) is 17.4 Å². The van der Waals surface area contributed by atoms with Crippen LogP contribution in [0.2, 0.25) is 5.02 Å². The van der Waals surface area contributed by atoms with Gasteiger partial charge in [0.2, 0.25) is 0 Å². The minimum Gasteiger partial charge on any atom is -0.481 e. The molecule has 1 aromatic rings. The Hall–Kier alpha value is -1.06. The molecule has 1 aliphatic rings. The quantitative estimate of drug-likeness (QED) is 0.894. The van der Waals surface area contributed by atoms with E-state index in [1.807, 2.05) is 12.1 Å². The zero-order valence-electron chi connectivity index (χ0n) is 11.4. The Morgan fingerprint density at radius 3 is 2.37 bits per heavy atom. The molecule has 0 aliphatic carbocycles. The van der Waals surface area contributed by atoms with Crippen molar-refractivity contribution in [2.75, 3.05) is 13.1 Å². The number of carboxylic acids is 1. The highest BCUT2D eigenvalue weighted by atomic mass is 35.5. The first-order valence-electron chi connectivity index (χ1n) is 6.72. The van der Waals surface area contributed by atoms with Crippen LogP contribution < -0.4 is 5.32 Å². The predicted octanol–water partition coefficient (Wildman–Crippen LogP) is 3.36. The number of carboxylic acid groups (broad SMARTS) is 1. The van der Waals surface area contributed by atoms with Crippen molar-refractivity contribution in [3.8, 4) is 0 Å². The van der Waals surface area contributed by atoms with Crippen molar-refractivity contribution in [1.82, 2.24) is 5.32 Å². The molecule has 0 spiro atoms. The highest BCUT2D eigenvalue weighted by Gasteiger charge is 2.12. The van der Waals surface area contributed by atoms with Crippen LogP contribution >= 0.6 is 11.6 Å². The lowest BCUT2D eigenvalue weighted by molar-refractivity contribution is -0.134. The van der Waals surface area contributed by atoms with Crippen molar-refractivity contribution in [2.45, 2.75) is 32.6 Å². The molecule has 0 bridgehead atoms. The fraction of sp³-hybridized carbons (Fsp3) is 0.533. The number of carbonyl (C=O) groups is 1. The smallest absolute Gasteiger partial charge is 0.300 e. The molecule has 1 heterocycles.